The van der Waals surface area contributed by atoms with Gasteiger partial charge >= 0.3 is 11.9 Å². The van der Waals surface area contributed by atoms with E-state index in [4.69, 9.17) is 15.9 Å². The van der Waals surface area contributed by atoms with E-state index in [2.05, 4.69) is 28.6 Å². The Balaban J connectivity index is 5.23. The van der Waals surface area contributed by atoms with Crippen molar-refractivity contribution < 1.29 is 34.2 Å². The summed E-state index contributed by atoms with van der Waals surface area (Å²) in [4.78, 5) is 58.5. The molecule has 5 unspecified atom stereocenters. The van der Waals surface area contributed by atoms with Crippen molar-refractivity contribution in [3.8, 4) is 0 Å². The summed E-state index contributed by atoms with van der Waals surface area (Å²) in [5, 5.41) is 24.7. The topological polar surface area (TPSA) is 188 Å². The van der Waals surface area contributed by atoms with Gasteiger partial charge in [0.05, 0.1) is 12.5 Å². The first-order chi connectivity index (χ1) is 12.9. The van der Waals surface area contributed by atoms with Gasteiger partial charge in [0.25, 0.3) is 0 Å². The molecule has 0 aliphatic heterocycles. The van der Waals surface area contributed by atoms with Crippen LogP contribution in [0.3, 0.4) is 0 Å². The summed E-state index contributed by atoms with van der Waals surface area (Å²) in [6.45, 7) is 5.00. The third-order valence-electron chi connectivity index (χ3n) is 4.02. The van der Waals surface area contributed by atoms with Crippen LogP contribution >= 0.6 is 12.6 Å². The number of carboxylic acid groups (broad SMARTS) is 2. The molecule has 11 nitrogen and oxygen atoms in total. The Labute approximate surface area is 168 Å². The highest BCUT2D eigenvalue weighted by Crippen LogP contribution is 2.09. The van der Waals surface area contributed by atoms with Gasteiger partial charge in [-0.1, -0.05) is 20.3 Å². The van der Waals surface area contributed by atoms with Gasteiger partial charge in [0.15, 0.2) is 0 Å². The molecule has 0 saturated heterocycles. The summed E-state index contributed by atoms with van der Waals surface area (Å²) in [6, 6.07) is -4.69. The minimum absolute atomic E-state index is 0.175. The molecule has 0 spiro atoms. The highest BCUT2D eigenvalue weighted by Gasteiger charge is 2.32. The van der Waals surface area contributed by atoms with E-state index in [0.29, 0.717) is 6.42 Å². The van der Waals surface area contributed by atoms with Gasteiger partial charge < -0.3 is 31.9 Å². The Kier molecular flexibility index (Phi) is 11.2. The lowest BCUT2D eigenvalue weighted by Gasteiger charge is -2.27. The second-order valence-electron chi connectivity index (χ2n) is 6.40. The second-order valence-corrected chi connectivity index (χ2v) is 6.77. The summed E-state index contributed by atoms with van der Waals surface area (Å²) in [7, 11) is 0. The quantitative estimate of drug-likeness (QED) is 0.182. The fraction of sp³-hybridized carbons (Fsp3) is 0.688. The van der Waals surface area contributed by atoms with Crippen molar-refractivity contribution in [3.05, 3.63) is 0 Å². The predicted octanol–water partition coefficient (Wildman–Crippen LogP) is -1.68. The van der Waals surface area contributed by atoms with Crippen molar-refractivity contribution in [2.24, 2.45) is 11.7 Å². The van der Waals surface area contributed by atoms with E-state index in [9.17, 15) is 24.0 Å². The van der Waals surface area contributed by atoms with Crippen molar-refractivity contribution in [1.82, 2.24) is 16.0 Å². The smallest absolute Gasteiger partial charge is 0.326 e. The summed E-state index contributed by atoms with van der Waals surface area (Å²) >= 11 is 3.97. The maximum absolute atomic E-state index is 12.6. The Hall–Kier alpha value is -2.34. The largest absolute Gasteiger partial charge is 0.481 e. The zero-order chi connectivity index (χ0) is 22.0. The molecule has 7 N–H and O–H groups in total. The van der Waals surface area contributed by atoms with Crippen molar-refractivity contribution in [1.29, 1.82) is 0 Å². The molecule has 160 valence electrons. The molecule has 0 aliphatic carbocycles. The van der Waals surface area contributed by atoms with Crippen molar-refractivity contribution in [2.75, 3.05) is 5.75 Å². The van der Waals surface area contributed by atoms with E-state index in [1.165, 1.54) is 6.92 Å². The van der Waals surface area contributed by atoms with Crippen LogP contribution in [-0.4, -0.2) is 69.8 Å². The number of nitrogens with two attached hydrogens (primary N) is 1. The molecular formula is C16H28N4O7S. The average Bonchev–Trinajstić information content (AvgIpc) is 2.61. The Morgan fingerprint density at radius 3 is 1.86 bits per heavy atom. The first-order valence-corrected chi connectivity index (χ1v) is 9.29. The molecule has 28 heavy (non-hydrogen) atoms. The molecule has 3 amide bonds. The van der Waals surface area contributed by atoms with Crippen LogP contribution in [0, 0.1) is 5.92 Å². The van der Waals surface area contributed by atoms with E-state index in [1.807, 2.05) is 6.92 Å². The summed E-state index contributed by atoms with van der Waals surface area (Å²) < 4.78 is 0. The van der Waals surface area contributed by atoms with Crippen LogP contribution in [0.5, 0.6) is 0 Å². The van der Waals surface area contributed by atoms with E-state index in [-0.39, 0.29) is 11.7 Å². The van der Waals surface area contributed by atoms with Gasteiger partial charge in [-0.2, -0.15) is 12.6 Å². The minimum Gasteiger partial charge on any atom is -0.481 e. The molecule has 0 bridgehead atoms. The lowest BCUT2D eigenvalue weighted by molar-refractivity contribution is -0.147. The van der Waals surface area contributed by atoms with E-state index >= 15 is 0 Å². The number of nitrogens with one attached hydrogen (secondary N) is 3. The number of hydrogen-bond donors (Lipinski definition) is 7. The SMILES string of the molecule is CCC(C)C(NC(=O)C(C)N)C(=O)NC(CS)C(=O)NC(CC(=O)O)C(=O)O. The van der Waals surface area contributed by atoms with E-state index < -0.39 is 60.2 Å². The van der Waals surface area contributed by atoms with Gasteiger partial charge in [0, 0.05) is 5.75 Å². The zero-order valence-corrected chi connectivity index (χ0v) is 16.9. The van der Waals surface area contributed by atoms with Gasteiger partial charge in [-0.3, -0.25) is 19.2 Å². The molecular weight excluding hydrogens is 392 g/mol. The number of carbonyl (C=O) groups excluding carboxylic acids is 3. The number of thiol groups is 1. The van der Waals surface area contributed by atoms with Crippen LogP contribution in [0.2, 0.25) is 0 Å². The van der Waals surface area contributed by atoms with Crippen molar-refractivity contribution in [2.45, 2.75) is 57.8 Å². The molecule has 0 aromatic carbocycles. The van der Waals surface area contributed by atoms with Crippen LogP contribution < -0.4 is 21.7 Å². The van der Waals surface area contributed by atoms with Gasteiger partial charge in [-0.15, -0.1) is 0 Å². The maximum Gasteiger partial charge on any atom is 0.326 e. The number of rotatable bonds is 12. The van der Waals surface area contributed by atoms with Gasteiger partial charge in [-0.25, -0.2) is 4.79 Å². The average molecular weight is 420 g/mol. The summed E-state index contributed by atoms with van der Waals surface area (Å²) in [5.41, 5.74) is 5.50. The van der Waals surface area contributed by atoms with Gasteiger partial charge in [0.1, 0.15) is 18.1 Å². The Bertz CT molecular complexity index is 600. The lowest BCUT2D eigenvalue weighted by atomic mass is 9.97. The Morgan fingerprint density at radius 1 is 0.929 bits per heavy atom. The fourth-order valence-corrected chi connectivity index (χ4v) is 2.35. The van der Waals surface area contributed by atoms with E-state index in [0.717, 1.165) is 0 Å². The standard InChI is InChI=1S/C16H28N4O7S/c1-4-7(2)12(20-13(23)8(3)17)15(25)19-10(6-28)14(24)18-9(16(26)27)5-11(21)22/h7-10,12,28H,4-6,17H2,1-3H3,(H,18,24)(H,19,25)(H,20,23)(H,21,22)(H,26,27). The normalized spacial score (nSPS) is 16.0. The number of carbonyl (C=O) groups is 5. The molecule has 0 fully saturated rings. The molecule has 0 aromatic heterocycles. The van der Waals surface area contributed by atoms with Crippen LogP contribution in [0.4, 0.5) is 0 Å². The monoisotopic (exact) mass is 420 g/mol. The lowest BCUT2D eigenvalue weighted by Crippen LogP contribution is -2.59. The number of hydrogen-bond acceptors (Lipinski definition) is 7. The van der Waals surface area contributed by atoms with Gasteiger partial charge in [0.2, 0.25) is 17.7 Å². The summed E-state index contributed by atoms with van der Waals surface area (Å²) in [6.07, 6.45) is -0.275. The highest BCUT2D eigenvalue weighted by molar-refractivity contribution is 7.80. The van der Waals surface area contributed by atoms with Crippen LogP contribution in [0.1, 0.15) is 33.6 Å². The number of amides is 3. The third kappa shape index (κ3) is 8.57. The highest BCUT2D eigenvalue weighted by atomic mass is 32.1. The predicted molar refractivity (Wildman–Crippen MR) is 103 cm³/mol. The number of carboxylic acids is 2. The van der Waals surface area contributed by atoms with Crippen molar-refractivity contribution in [3.63, 3.8) is 0 Å². The van der Waals surface area contributed by atoms with Crippen LogP contribution in [0.25, 0.3) is 0 Å². The second kappa shape index (κ2) is 12.2. The Morgan fingerprint density at radius 2 is 1.46 bits per heavy atom. The molecule has 0 heterocycles. The van der Waals surface area contributed by atoms with Gasteiger partial charge in [-0.05, 0) is 12.8 Å². The van der Waals surface area contributed by atoms with Crippen molar-refractivity contribution >= 4 is 42.3 Å². The molecule has 0 rings (SSSR count). The molecule has 12 heteroatoms. The molecule has 5 atom stereocenters. The molecule has 0 aliphatic rings. The van der Waals surface area contributed by atoms with Crippen LogP contribution in [-0.2, 0) is 24.0 Å². The number of aliphatic carboxylic acids is 2. The first kappa shape index (κ1) is 25.7. The third-order valence-corrected chi connectivity index (χ3v) is 4.38. The van der Waals surface area contributed by atoms with E-state index in [1.54, 1.807) is 6.92 Å². The molecule has 0 saturated carbocycles. The first-order valence-electron chi connectivity index (χ1n) is 8.66. The molecule has 0 radical (unpaired) electrons. The maximum atomic E-state index is 12.6. The minimum atomic E-state index is -1.66. The molecule has 0 aromatic rings. The summed E-state index contributed by atoms with van der Waals surface area (Å²) in [5.74, 6) is -5.49. The van der Waals surface area contributed by atoms with Crippen LogP contribution in [0.15, 0.2) is 0 Å². The zero-order valence-electron chi connectivity index (χ0n) is 16.0. The fourth-order valence-electron chi connectivity index (χ4n) is 2.09.